The molecular formula is C15H12N2O2S. The summed E-state index contributed by atoms with van der Waals surface area (Å²) in [5.74, 6) is -0.366. The van der Waals surface area contributed by atoms with Crippen LogP contribution in [0.2, 0.25) is 0 Å². The zero-order chi connectivity index (χ0) is 13.9. The number of nitrogens with zero attached hydrogens (tertiary/aromatic N) is 1. The van der Waals surface area contributed by atoms with E-state index in [4.69, 9.17) is 0 Å². The average Bonchev–Trinajstić information content (AvgIpc) is 2.97. The lowest BCUT2D eigenvalue weighted by molar-refractivity contribution is 0.0699. The van der Waals surface area contributed by atoms with Gasteiger partial charge in [-0.25, -0.2) is 9.78 Å². The number of carbonyl (C=O) groups is 1. The zero-order valence-corrected chi connectivity index (χ0v) is 11.4. The fourth-order valence-electron chi connectivity index (χ4n) is 2.03. The summed E-state index contributed by atoms with van der Waals surface area (Å²) in [6.45, 7) is 0.633. The summed E-state index contributed by atoms with van der Waals surface area (Å²) >= 11 is 1.63. The van der Waals surface area contributed by atoms with Gasteiger partial charge in [-0.2, -0.15) is 11.3 Å². The van der Waals surface area contributed by atoms with E-state index in [0.717, 1.165) is 5.56 Å². The van der Waals surface area contributed by atoms with Gasteiger partial charge in [0.15, 0.2) is 0 Å². The van der Waals surface area contributed by atoms with Crippen LogP contribution >= 0.6 is 11.3 Å². The number of nitrogens with one attached hydrogen (secondary N) is 1. The van der Waals surface area contributed by atoms with Crippen molar-refractivity contribution >= 4 is 34.0 Å². The molecule has 2 N–H and O–H groups in total. The van der Waals surface area contributed by atoms with Gasteiger partial charge in [0.1, 0.15) is 5.82 Å². The number of benzene rings is 1. The lowest BCUT2D eigenvalue weighted by atomic mass is 10.1. The highest BCUT2D eigenvalue weighted by molar-refractivity contribution is 7.07. The van der Waals surface area contributed by atoms with Gasteiger partial charge in [-0.3, -0.25) is 0 Å². The van der Waals surface area contributed by atoms with Crippen LogP contribution in [0.4, 0.5) is 5.82 Å². The quantitative estimate of drug-likeness (QED) is 0.768. The van der Waals surface area contributed by atoms with Gasteiger partial charge in [0.25, 0.3) is 0 Å². The molecule has 0 aliphatic heterocycles. The lowest BCUT2D eigenvalue weighted by Gasteiger charge is -2.08. The molecule has 20 heavy (non-hydrogen) atoms. The van der Waals surface area contributed by atoms with Gasteiger partial charge in [0.2, 0.25) is 0 Å². The van der Waals surface area contributed by atoms with Crippen molar-refractivity contribution in [2.75, 3.05) is 5.32 Å². The Hall–Kier alpha value is -2.40. The van der Waals surface area contributed by atoms with E-state index in [1.165, 1.54) is 0 Å². The van der Waals surface area contributed by atoms with E-state index < -0.39 is 5.97 Å². The van der Waals surface area contributed by atoms with Crippen LogP contribution in [0.25, 0.3) is 10.9 Å². The monoisotopic (exact) mass is 284 g/mol. The van der Waals surface area contributed by atoms with Crippen LogP contribution in [0.3, 0.4) is 0 Å². The number of pyridine rings is 1. The summed E-state index contributed by atoms with van der Waals surface area (Å²) in [5, 5.41) is 17.2. The first-order valence-electron chi connectivity index (χ1n) is 6.12. The molecule has 3 aromatic rings. The molecule has 0 bridgehead atoms. The normalized spacial score (nSPS) is 10.6. The molecule has 0 unspecified atom stereocenters. The fraction of sp³-hybridized carbons (Fsp3) is 0.0667. The van der Waals surface area contributed by atoms with Gasteiger partial charge in [-0.1, -0.05) is 18.2 Å². The molecule has 0 atom stereocenters. The number of carboxylic acid groups (broad SMARTS) is 1. The van der Waals surface area contributed by atoms with Crippen molar-refractivity contribution < 1.29 is 9.90 Å². The molecule has 1 aromatic carbocycles. The Labute approximate surface area is 119 Å². The highest BCUT2D eigenvalue weighted by Crippen LogP contribution is 2.21. The average molecular weight is 284 g/mol. The topological polar surface area (TPSA) is 62.2 Å². The Balaban J connectivity index is 1.97. The minimum atomic E-state index is -0.942. The van der Waals surface area contributed by atoms with Crippen molar-refractivity contribution in [2.45, 2.75) is 6.54 Å². The standard InChI is InChI=1S/C15H12N2O2S/c18-15(19)12-7-14(16-8-10-5-6-20-9-10)17-13-4-2-1-3-11(12)13/h1-7,9H,8H2,(H,16,17)(H,18,19). The number of carboxylic acids is 1. The Morgan fingerprint density at radius 2 is 2.15 bits per heavy atom. The second-order valence-corrected chi connectivity index (χ2v) is 5.14. The van der Waals surface area contributed by atoms with E-state index in [0.29, 0.717) is 23.3 Å². The van der Waals surface area contributed by atoms with E-state index in [2.05, 4.69) is 10.3 Å². The molecule has 100 valence electrons. The van der Waals surface area contributed by atoms with Gasteiger partial charge >= 0.3 is 5.97 Å². The first-order chi connectivity index (χ1) is 9.74. The van der Waals surface area contributed by atoms with Crippen molar-refractivity contribution in [1.82, 2.24) is 4.98 Å². The molecule has 0 aliphatic rings. The molecule has 0 amide bonds. The summed E-state index contributed by atoms with van der Waals surface area (Å²) in [6.07, 6.45) is 0. The molecule has 0 saturated heterocycles. The largest absolute Gasteiger partial charge is 0.478 e. The van der Waals surface area contributed by atoms with Gasteiger partial charge in [-0.05, 0) is 34.5 Å². The van der Waals surface area contributed by atoms with Gasteiger partial charge in [-0.15, -0.1) is 0 Å². The number of aromatic nitrogens is 1. The number of anilines is 1. The first kappa shape index (κ1) is 12.6. The van der Waals surface area contributed by atoms with Crippen LogP contribution in [-0.4, -0.2) is 16.1 Å². The molecule has 4 nitrogen and oxygen atoms in total. The van der Waals surface area contributed by atoms with Crippen molar-refractivity contribution in [3.05, 3.63) is 58.3 Å². The Bertz CT molecular complexity index is 754. The minimum absolute atomic E-state index is 0.267. The molecule has 2 aromatic heterocycles. The SMILES string of the molecule is O=C(O)c1cc(NCc2ccsc2)nc2ccccc12. The maximum atomic E-state index is 11.3. The third-order valence-electron chi connectivity index (χ3n) is 3.00. The van der Waals surface area contributed by atoms with Gasteiger partial charge < -0.3 is 10.4 Å². The highest BCUT2D eigenvalue weighted by Gasteiger charge is 2.11. The summed E-state index contributed by atoms with van der Waals surface area (Å²) in [4.78, 5) is 15.8. The molecular weight excluding hydrogens is 272 g/mol. The molecule has 0 spiro atoms. The summed E-state index contributed by atoms with van der Waals surface area (Å²) < 4.78 is 0. The fourth-order valence-corrected chi connectivity index (χ4v) is 2.70. The maximum Gasteiger partial charge on any atom is 0.336 e. The molecule has 0 radical (unpaired) electrons. The number of para-hydroxylation sites is 1. The van der Waals surface area contributed by atoms with Crippen LogP contribution in [0.15, 0.2) is 47.2 Å². The molecule has 3 rings (SSSR count). The number of hydrogen-bond acceptors (Lipinski definition) is 4. The third kappa shape index (κ3) is 2.48. The second-order valence-electron chi connectivity index (χ2n) is 4.36. The van der Waals surface area contributed by atoms with E-state index >= 15 is 0 Å². The van der Waals surface area contributed by atoms with Crippen LogP contribution < -0.4 is 5.32 Å². The second kappa shape index (κ2) is 5.30. The Morgan fingerprint density at radius 1 is 1.30 bits per heavy atom. The van der Waals surface area contributed by atoms with Crippen molar-refractivity contribution in [3.8, 4) is 0 Å². The predicted octanol–water partition coefficient (Wildman–Crippen LogP) is 3.61. The van der Waals surface area contributed by atoms with Crippen LogP contribution in [0.5, 0.6) is 0 Å². The Kier molecular flexibility index (Phi) is 3.35. The summed E-state index contributed by atoms with van der Waals surface area (Å²) in [6, 6.07) is 10.9. The predicted molar refractivity (Wildman–Crippen MR) is 80.3 cm³/mol. The van der Waals surface area contributed by atoms with E-state index in [-0.39, 0.29) is 5.56 Å². The van der Waals surface area contributed by atoms with Crippen molar-refractivity contribution in [1.29, 1.82) is 0 Å². The molecule has 5 heteroatoms. The number of thiophene rings is 1. The van der Waals surface area contributed by atoms with Crippen molar-refractivity contribution in [2.24, 2.45) is 0 Å². The zero-order valence-electron chi connectivity index (χ0n) is 10.5. The number of aromatic carboxylic acids is 1. The maximum absolute atomic E-state index is 11.3. The molecule has 0 aliphatic carbocycles. The van der Waals surface area contributed by atoms with Gasteiger partial charge in [0.05, 0.1) is 11.1 Å². The Morgan fingerprint density at radius 3 is 2.90 bits per heavy atom. The highest BCUT2D eigenvalue weighted by atomic mass is 32.1. The molecule has 0 fully saturated rings. The third-order valence-corrected chi connectivity index (χ3v) is 3.73. The van der Waals surface area contributed by atoms with E-state index in [9.17, 15) is 9.90 Å². The van der Waals surface area contributed by atoms with E-state index in [1.54, 1.807) is 23.5 Å². The smallest absolute Gasteiger partial charge is 0.336 e. The number of hydrogen-bond donors (Lipinski definition) is 2. The number of rotatable bonds is 4. The van der Waals surface area contributed by atoms with Crippen LogP contribution in [-0.2, 0) is 6.54 Å². The lowest BCUT2D eigenvalue weighted by Crippen LogP contribution is -2.04. The first-order valence-corrected chi connectivity index (χ1v) is 7.06. The molecule has 0 saturated carbocycles. The summed E-state index contributed by atoms with van der Waals surface area (Å²) in [7, 11) is 0. The molecule has 2 heterocycles. The van der Waals surface area contributed by atoms with E-state index in [1.807, 2.05) is 35.0 Å². The minimum Gasteiger partial charge on any atom is -0.478 e. The van der Waals surface area contributed by atoms with Crippen LogP contribution in [0.1, 0.15) is 15.9 Å². The van der Waals surface area contributed by atoms with Crippen LogP contribution in [0, 0.1) is 0 Å². The summed E-state index contributed by atoms with van der Waals surface area (Å²) in [5.41, 5.74) is 2.10. The van der Waals surface area contributed by atoms with Crippen molar-refractivity contribution in [3.63, 3.8) is 0 Å². The van der Waals surface area contributed by atoms with Gasteiger partial charge in [0, 0.05) is 11.9 Å². The number of fused-ring (bicyclic) bond motifs is 1.